The SMILES string of the molecule is O=C(N[O-])c1cccnc1. The van der Waals surface area contributed by atoms with Gasteiger partial charge >= 0.3 is 0 Å². The number of nitrogens with one attached hydrogen (secondary N) is 1. The van der Waals surface area contributed by atoms with Gasteiger partial charge in [0.1, 0.15) is 0 Å². The van der Waals surface area contributed by atoms with E-state index in [9.17, 15) is 10.0 Å². The summed E-state index contributed by atoms with van der Waals surface area (Å²) >= 11 is 0. The van der Waals surface area contributed by atoms with E-state index in [1.54, 1.807) is 6.07 Å². The molecule has 0 aromatic carbocycles. The molecular weight excluding hydrogens is 132 g/mol. The van der Waals surface area contributed by atoms with Crippen molar-refractivity contribution in [3.8, 4) is 0 Å². The van der Waals surface area contributed by atoms with Crippen molar-refractivity contribution in [2.24, 2.45) is 0 Å². The van der Waals surface area contributed by atoms with Gasteiger partial charge < -0.3 is 10.7 Å². The molecule has 0 spiro atoms. The van der Waals surface area contributed by atoms with Gasteiger partial charge in [0.2, 0.25) is 5.91 Å². The fourth-order valence-corrected chi connectivity index (χ4v) is 0.556. The molecule has 1 rings (SSSR count). The normalized spacial score (nSPS) is 8.90. The average Bonchev–Trinajstić information content (AvgIpc) is 2.05. The average molecular weight is 137 g/mol. The van der Waals surface area contributed by atoms with E-state index in [2.05, 4.69) is 4.98 Å². The first kappa shape index (κ1) is 6.70. The van der Waals surface area contributed by atoms with Gasteiger partial charge in [0, 0.05) is 12.4 Å². The lowest BCUT2D eigenvalue weighted by Gasteiger charge is -2.05. The summed E-state index contributed by atoms with van der Waals surface area (Å²) in [5, 5.41) is 9.80. The Labute approximate surface area is 57.5 Å². The third-order valence-electron chi connectivity index (χ3n) is 1.02. The molecule has 0 radical (unpaired) electrons. The van der Waals surface area contributed by atoms with Gasteiger partial charge in [-0.05, 0) is 12.1 Å². The Balaban J connectivity index is 2.85. The van der Waals surface area contributed by atoms with E-state index in [1.807, 2.05) is 0 Å². The van der Waals surface area contributed by atoms with Gasteiger partial charge in [-0.25, -0.2) is 0 Å². The Bertz CT molecular complexity index is 222. The summed E-state index contributed by atoms with van der Waals surface area (Å²) in [6.07, 6.45) is 2.86. The van der Waals surface area contributed by atoms with Gasteiger partial charge in [-0.2, -0.15) is 0 Å². The molecular formula is C6H5N2O2-. The molecule has 0 aliphatic carbocycles. The van der Waals surface area contributed by atoms with Gasteiger partial charge in [0.25, 0.3) is 0 Å². The van der Waals surface area contributed by atoms with Crippen LogP contribution in [0.4, 0.5) is 0 Å². The zero-order valence-electron chi connectivity index (χ0n) is 5.07. The minimum absolute atomic E-state index is 0.275. The standard InChI is InChI=1S/C6H5N2O2/c9-6(8-10)5-2-1-3-7-4-5/h1-4H,(H-,8,9,10)/q-1. The molecule has 0 aliphatic rings. The summed E-state index contributed by atoms with van der Waals surface area (Å²) in [6, 6.07) is 3.10. The molecule has 0 saturated carbocycles. The fourth-order valence-electron chi connectivity index (χ4n) is 0.556. The first-order valence-corrected chi connectivity index (χ1v) is 2.67. The molecule has 0 saturated heterocycles. The number of amides is 1. The van der Waals surface area contributed by atoms with Crippen molar-refractivity contribution < 1.29 is 4.79 Å². The number of hydrogen-bond donors (Lipinski definition) is 1. The predicted molar refractivity (Wildman–Crippen MR) is 35.1 cm³/mol. The number of hydroxylamine groups is 1. The maximum absolute atomic E-state index is 10.5. The molecule has 1 N–H and O–H groups in total. The summed E-state index contributed by atoms with van der Waals surface area (Å²) in [6.45, 7) is 0. The van der Waals surface area contributed by atoms with E-state index in [4.69, 9.17) is 0 Å². The lowest BCUT2D eigenvalue weighted by molar-refractivity contribution is 0.0970. The number of rotatable bonds is 1. The highest BCUT2D eigenvalue weighted by molar-refractivity contribution is 5.93. The number of pyridine rings is 1. The maximum atomic E-state index is 10.5. The highest BCUT2D eigenvalue weighted by Crippen LogP contribution is 1.93. The summed E-state index contributed by atoms with van der Waals surface area (Å²) in [4.78, 5) is 14.2. The Hall–Kier alpha value is -1.42. The minimum atomic E-state index is -0.659. The van der Waals surface area contributed by atoms with Crippen molar-refractivity contribution in [3.05, 3.63) is 35.3 Å². The van der Waals surface area contributed by atoms with E-state index in [-0.39, 0.29) is 5.56 Å². The van der Waals surface area contributed by atoms with Gasteiger partial charge in [0.05, 0.1) is 5.56 Å². The number of carbonyl (C=O) groups is 1. The van der Waals surface area contributed by atoms with Crippen molar-refractivity contribution in [2.75, 3.05) is 0 Å². The van der Waals surface area contributed by atoms with Crippen LogP contribution in [0.5, 0.6) is 0 Å². The van der Waals surface area contributed by atoms with E-state index in [0.29, 0.717) is 0 Å². The molecule has 0 bridgehead atoms. The lowest BCUT2D eigenvalue weighted by Crippen LogP contribution is -2.15. The molecule has 1 amide bonds. The van der Waals surface area contributed by atoms with Crippen molar-refractivity contribution in [1.29, 1.82) is 0 Å². The second-order valence-electron chi connectivity index (χ2n) is 1.67. The topological polar surface area (TPSA) is 65.0 Å². The van der Waals surface area contributed by atoms with Gasteiger partial charge in [-0.15, -0.1) is 0 Å². The summed E-state index contributed by atoms with van der Waals surface area (Å²) < 4.78 is 0. The molecule has 1 heterocycles. The first-order chi connectivity index (χ1) is 4.84. The molecule has 0 aliphatic heterocycles. The quantitative estimate of drug-likeness (QED) is 0.566. The van der Waals surface area contributed by atoms with Crippen molar-refractivity contribution in [1.82, 2.24) is 10.5 Å². The van der Waals surface area contributed by atoms with Crippen LogP contribution in [0.1, 0.15) is 10.4 Å². The molecule has 4 heteroatoms. The van der Waals surface area contributed by atoms with E-state index < -0.39 is 5.91 Å². The van der Waals surface area contributed by atoms with Gasteiger partial charge in [-0.3, -0.25) is 9.78 Å². The molecule has 0 fully saturated rings. The van der Waals surface area contributed by atoms with Crippen LogP contribution >= 0.6 is 0 Å². The van der Waals surface area contributed by atoms with Crippen LogP contribution in [0.15, 0.2) is 24.5 Å². The fraction of sp³-hybridized carbons (Fsp3) is 0. The van der Waals surface area contributed by atoms with E-state index >= 15 is 0 Å². The Morgan fingerprint density at radius 2 is 2.50 bits per heavy atom. The van der Waals surface area contributed by atoms with Crippen molar-refractivity contribution >= 4 is 5.91 Å². The minimum Gasteiger partial charge on any atom is -0.759 e. The molecule has 1 aromatic rings. The second-order valence-corrected chi connectivity index (χ2v) is 1.67. The van der Waals surface area contributed by atoms with Crippen LogP contribution in [0.3, 0.4) is 0 Å². The second kappa shape index (κ2) is 2.93. The summed E-state index contributed by atoms with van der Waals surface area (Å²) in [5.41, 5.74) is 1.53. The molecule has 0 atom stereocenters. The Kier molecular flexibility index (Phi) is 1.96. The lowest BCUT2D eigenvalue weighted by atomic mass is 10.3. The van der Waals surface area contributed by atoms with Crippen LogP contribution in [-0.4, -0.2) is 10.9 Å². The maximum Gasteiger partial charge on any atom is 0.242 e. The number of hydrogen-bond acceptors (Lipinski definition) is 3. The smallest absolute Gasteiger partial charge is 0.242 e. The third kappa shape index (κ3) is 1.29. The number of aromatic nitrogens is 1. The van der Waals surface area contributed by atoms with Crippen LogP contribution < -0.4 is 5.48 Å². The molecule has 1 aromatic heterocycles. The van der Waals surface area contributed by atoms with Gasteiger partial charge in [0.15, 0.2) is 0 Å². The van der Waals surface area contributed by atoms with Crippen LogP contribution in [0.25, 0.3) is 0 Å². The van der Waals surface area contributed by atoms with Gasteiger partial charge in [-0.1, -0.05) is 0 Å². The summed E-state index contributed by atoms with van der Waals surface area (Å²) in [5.74, 6) is -0.659. The number of carbonyl (C=O) groups excluding carboxylic acids is 1. The monoisotopic (exact) mass is 137 g/mol. The van der Waals surface area contributed by atoms with Crippen LogP contribution in [0, 0.1) is 5.21 Å². The van der Waals surface area contributed by atoms with Crippen molar-refractivity contribution in [3.63, 3.8) is 0 Å². The molecule has 0 unspecified atom stereocenters. The Morgan fingerprint density at radius 1 is 1.70 bits per heavy atom. The molecule has 4 nitrogen and oxygen atoms in total. The first-order valence-electron chi connectivity index (χ1n) is 2.67. The molecule has 52 valence electrons. The largest absolute Gasteiger partial charge is 0.759 e. The summed E-state index contributed by atoms with van der Waals surface area (Å²) in [7, 11) is 0. The zero-order valence-corrected chi connectivity index (χ0v) is 5.07. The Morgan fingerprint density at radius 3 is 3.00 bits per heavy atom. The van der Waals surface area contributed by atoms with Crippen LogP contribution in [0.2, 0.25) is 0 Å². The van der Waals surface area contributed by atoms with E-state index in [1.165, 1.54) is 23.9 Å². The number of nitrogens with zero attached hydrogens (tertiary/aromatic N) is 1. The van der Waals surface area contributed by atoms with E-state index in [0.717, 1.165) is 0 Å². The van der Waals surface area contributed by atoms with Crippen molar-refractivity contribution in [2.45, 2.75) is 0 Å². The highest BCUT2D eigenvalue weighted by atomic mass is 16.5. The predicted octanol–water partition coefficient (Wildman–Crippen LogP) is 0.309. The zero-order chi connectivity index (χ0) is 7.40. The van der Waals surface area contributed by atoms with Crippen LogP contribution in [-0.2, 0) is 0 Å². The highest BCUT2D eigenvalue weighted by Gasteiger charge is 1.96. The molecule has 10 heavy (non-hydrogen) atoms. The third-order valence-corrected chi connectivity index (χ3v) is 1.02.